The molecule has 0 fully saturated rings. The number of hydrogen-bond acceptors (Lipinski definition) is 4. The molecule has 0 radical (unpaired) electrons. The molecule has 21 heavy (non-hydrogen) atoms. The largest absolute Gasteiger partial charge is 0.355 e. The van der Waals surface area contributed by atoms with E-state index in [1.807, 2.05) is 18.2 Å². The highest BCUT2D eigenvalue weighted by Crippen LogP contribution is 2.22. The van der Waals surface area contributed by atoms with E-state index in [2.05, 4.69) is 35.1 Å². The molecular weight excluding hydrogens is 282 g/mol. The van der Waals surface area contributed by atoms with Crippen molar-refractivity contribution in [3.05, 3.63) is 29.3 Å². The Bertz CT molecular complexity index is 545. The fourth-order valence-electron chi connectivity index (χ4n) is 2.23. The molecule has 0 atom stereocenters. The number of hydrogen-bond donors (Lipinski definition) is 1. The number of aromatic nitrogens is 1. The zero-order chi connectivity index (χ0) is 15.1. The Labute approximate surface area is 130 Å². The number of rotatable bonds is 8. The zero-order valence-corrected chi connectivity index (χ0v) is 13.6. The third kappa shape index (κ3) is 4.79. The molecule has 1 aromatic heterocycles. The molecule has 114 valence electrons. The molecule has 2 rings (SSSR count). The normalized spacial score (nSPS) is 11.2. The first-order valence-corrected chi connectivity index (χ1v) is 8.38. The second kappa shape index (κ2) is 8.10. The number of carbonyl (C=O) groups excluding carboxylic acids is 1. The van der Waals surface area contributed by atoms with Crippen molar-refractivity contribution in [2.75, 3.05) is 26.2 Å². The number of para-hydroxylation sites is 1. The third-order valence-corrected chi connectivity index (χ3v) is 4.64. The maximum Gasteiger partial charge on any atom is 0.220 e. The van der Waals surface area contributed by atoms with Crippen LogP contribution in [0, 0.1) is 0 Å². The van der Waals surface area contributed by atoms with Crippen molar-refractivity contribution in [2.45, 2.75) is 26.7 Å². The zero-order valence-electron chi connectivity index (χ0n) is 12.8. The number of benzene rings is 1. The molecule has 1 aromatic carbocycles. The van der Waals surface area contributed by atoms with Crippen LogP contribution in [0.5, 0.6) is 0 Å². The van der Waals surface area contributed by atoms with Gasteiger partial charge < -0.3 is 10.2 Å². The van der Waals surface area contributed by atoms with Crippen LogP contribution in [-0.4, -0.2) is 42.0 Å². The van der Waals surface area contributed by atoms with E-state index >= 15 is 0 Å². The summed E-state index contributed by atoms with van der Waals surface area (Å²) >= 11 is 1.68. The Morgan fingerprint density at radius 2 is 2.05 bits per heavy atom. The van der Waals surface area contributed by atoms with Crippen LogP contribution in [0.15, 0.2) is 24.3 Å². The topological polar surface area (TPSA) is 45.2 Å². The second-order valence-electron chi connectivity index (χ2n) is 4.95. The predicted molar refractivity (Wildman–Crippen MR) is 88.7 cm³/mol. The summed E-state index contributed by atoms with van der Waals surface area (Å²) in [5, 5.41) is 4.02. The molecule has 1 N–H and O–H groups in total. The predicted octanol–water partition coefficient (Wildman–Crippen LogP) is 2.69. The SMILES string of the molecule is CCN(CC)CCNC(=O)CCc1nc2ccccc2s1. The highest BCUT2D eigenvalue weighted by Gasteiger charge is 2.07. The average molecular weight is 305 g/mol. The molecule has 1 heterocycles. The monoisotopic (exact) mass is 305 g/mol. The smallest absolute Gasteiger partial charge is 0.220 e. The van der Waals surface area contributed by atoms with E-state index in [-0.39, 0.29) is 5.91 Å². The maximum absolute atomic E-state index is 11.8. The standard InChI is InChI=1S/C16H23N3OS/c1-3-19(4-2)12-11-17-15(20)9-10-16-18-13-7-5-6-8-14(13)21-16/h5-8H,3-4,9-12H2,1-2H3,(H,17,20). The van der Waals surface area contributed by atoms with Gasteiger partial charge in [-0.05, 0) is 25.2 Å². The van der Waals surface area contributed by atoms with Crippen LogP contribution in [0.25, 0.3) is 10.2 Å². The Balaban J connectivity index is 1.73. The molecule has 0 spiro atoms. The minimum absolute atomic E-state index is 0.112. The number of nitrogens with zero attached hydrogens (tertiary/aromatic N) is 2. The van der Waals surface area contributed by atoms with Gasteiger partial charge in [0.15, 0.2) is 0 Å². The minimum atomic E-state index is 0.112. The van der Waals surface area contributed by atoms with Gasteiger partial charge in [-0.3, -0.25) is 4.79 Å². The third-order valence-electron chi connectivity index (χ3n) is 3.55. The first-order valence-electron chi connectivity index (χ1n) is 7.56. The molecule has 0 aliphatic rings. The molecule has 1 amide bonds. The number of thiazole rings is 1. The molecule has 5 heteroatoms. The highest BCUT2D eigenvalue weighted by molar-refractivity contribution is 7.18. The quantitative estimate of drug-likeness (QED) is 0.815. The Kier molecular flexibility index (Phi) is 6.14. The van der Waals surface area contributed by atoms with Crippen molar-refractivity contribution in [2.24, 2.45) is 0 Å². The van der Waals surface area contributed by atoms with E-state index < -0.39 is 0 Å². The molecule has 0 saturated heterocycles. The van der Waals surface area contributed by atoms with Crippen LogP contribution in [-0.2, 0) is 11.2 Å². The number of nitrogens with one attached hydrogen (secondary N) is 1. The lowest BCUT2D eigenvalue weighted by atomic mass is 10.3. The number of aryl methyl sites for hydroxylation is 1. The van der Waals surface area contributed by atoms with Crippen LogP contribution >= 0.6 is 11.3 Å². The van der Waals surface area contributed by atoms with Gasteiger partial charge in [-0.1, -0.05) is 26.0 Å². The lowest BCUT2D eigenvalue weighted by molar-refractivity contribution is -0.121. The first kappa shape index (κ1) is 15.9. The molecular formula is C16H23N3OS. The van der Waals surface area contributed by atoms with E-state index in [1.54, 1.807) is 11.3 Å². The number of likely N-dealkylation sites (N-methyl/N-ethyl adjacent to an activating group) is 1. The van der Waals surface area contributed by atoms with Crippen molar-refractivity contribution in [3.8, 4) is 0 Å². The lowest BCUT2D eigenvalue weighted by Gasteiger charge is -2.17. The molecule has 0 saturated carbocycles. The van der Waals surface area contributed by atoms with Gasteiger partial charge in [0.25, 0.3) is 0 Å². The van der Waals surface area contributed by atoms with Crippen LogP contribution in [0.4, 0.5) is 0 Å². The summed E-state index contributed by atoms with van der Waals surface area (Å²) < 4.78 is 1.19. The van der Waals surface area contributed by atoms with Crippen LogP contribution in [0.2, 0.25) is 0 Å². The number of amides is 1. The number of carbonyl (C=O) groups is 1. The summed E-state index contributed by atoms with van der Waals surface area (Å²) in [5.41, 5.74) is 1.03. The van der Waals surface area contributed by atoms with E-state index in [1.165, 1.54) is 4.70 Å². The second-order valence-corrected chi connectivity index (χ2v) is 6.07. The summed E-state index contributed by atoms with van der Waals surface area (Å²) in [5.74, 6) is 0.112. The molecule has 0 unspecified atom stereocenters. The molecule has 2 aromatic rings. The highest BCUT2D eigenvalue weighted by atomic mass is 32.1. The Morgan fingerprint density at radius 1 is 1.29 bits per heavy atom. The van der Waals surface area contributed by atoms with Gasteiger partial charge in [-0.15, -0.1) is 11.3 Å². The van der Waals surface area contributed by atoms with Gasteiger partial charge in [0, 0.05) is 25.9 Å². The summed E-state index contributed by atoms with van der Waals surface area (Å²) in [4.78, 5) is 18.7. The molecule has 4 nitrogen and oxygen atoms in total. The van der Waals surface area contributed by atoms with Crippen LogP contribution < -0.4 is 5.32 Å². The summed E-state index contributed by atoms with van der Waals surface area (Å²) in [6, 6.07) is 8.09. The fourth-order valence-corrected chi connectivity index (χ4v) is 3.20. The van der Waals surface area contributed by atoms with E-state index in [4.69, 9.17) is 0 Å². The molecule has 0 aliphatic carbocycles. The summed E-state index contributed by atoms with van der Waals surface area (Å²) in [7, 11) is 0. The van der Waals surface area contributed by atoms with E-state index in [0.29, 0.717) is 6.42 Å². The summed E-state index contributed by atoms with van der Waals surface area (Å²) in [6.45, 7) is 7.97. The van der Waals surface area contributed by atoms with Gasteiger partial charge in [0.05, 0.1) is 15.2 Å². The first-order chi connectivity index (χ1) is 10.2. The van der Waals surface area contributed by atoms with Crippen LogP contribution in [0.3, 0.4) is 0 Å². The van der Waals surface area contributed by atoms with Crippen molar-refractivity contribution in [1.82, 2.24) is 15.2 Å². The van der Waals surface area contributed by atoms with Crippen LogP contribution in [0.1, 0.15) is 25.3 Å². The fraction of sp³-hybridized carbons (Fsp3) is 0.500. The van der Waals surface area contributed by atoms with Gasteiger partial charge in [-0.2, -0.15) is 0 Å². The number of fused-ring (bicyclic) bond motifs is 1. The van der Waals surface area contributed by atoms with E-state index in [9.17, 15) is 4.79 Å². The van der Waals surface area contributed by atoms with Gasteiger partial charge >= 0.3 is 0 Å². The average Bonchev–Trinajstić information content (AvgIpc) is 2.92. The van der Waals surface area contributed by atoms with Crippen molar-refractivity contribution < 1.29 is 4.79 Å². The minimum Gasteiger partial charge on any atom is -0.355 e. The van der Waals surface area contributed by atoms with Crippen molar-refractivity contribution >= 4 is 27.5 Å². The summed E-state index contributed by atoms with van der Waals surface area (Å²) in [6.07, 6.45) is 1.23. The van der Waals surface area contributed by atoms with Gasteiger partial charge in [0.2, 0.25) is 5.91 Å². The Morgan fingerprint density at radius 3 is 2.76 bits per heavy atom. The van der Waals surface area contributed by atoms with Crippen molar-refractivity contribution in [3.63, 3.8) is 0 Å². The van der Waals surface area contributed by atoms with E-state index in [0.717, 1.165) is 43.1 Å². The van der Waals surface area contributed by atoms with Gasteiger partial charge in [0.1, 0.15) is 0 Å². The Hall–Kier alpha value is -1.46. The molecule has 0 bridgehead atoms. The van der Waals surface area contributed by atoms with Gasteiger partial charge in [-0.25, -0.2) is 4.98 Å². The van der Waals surface area contributed by atoms with Crippen molar-refractivity contribution in [1.29, 1.82) is 0 Å². The molecule has 0 aliphatic heterocycles. The lowest BCUT2D eigenvalue weighted by Crippen LogP contribution is -2.34. The maximum atomic E-state index is 11.8.